The molecule has 0 radical (unpaired) electrons. The molecule has 0 bridgehead atoms. The highest BCUT2D eigenvalue weighted by atomic mass is 32.1. The second-order valence-electron chi connectivity index (χ2n) is 6.34. The van der Waals surface area contributed by atoms with E-state index in [1.54, 1.807) is 0 Å². The Labute approximate surface area is 106 Å². The van der Waals surface area contributed by atoms with Gasteiger partial charge in [-0.15, -0.1) is 0 Å². The summed E-state index contributed by atoms with van der Waals surface area (Å²) in [6.45, 7) is 9.70. The molecule has 2 rings (SSSR count). The molecule has 1 saturated carbocycles. The van der Waals surface area contributed by atoms with Crippen LogP contribution in [-0.2, 0) is 0 Å². The van der Waals surface area contributed by atoms with E-state index >= 15 is 0 Å². The van der Waals surface area contributed by atoms with Gasteiger partial charge in [0.25, 0.3) is 0 Å². The largest absolute Gasteiger partial charge is 0.300 e. The zero-order valence-electron chi connectivity index (χ0n) is 11.0. The van der Waals surface area contributed by atoms with Crippen molar-refractivity contribution in [2.24, 2.45) is 11.3 Å². The summed E-state index contributed by atoms with van der Waals surface area (Å²) in [5.41, 5.74) is 0.400. The molecule has 1 saturated heterocycles. The van der Waals surface area contributed by atoms with E-state index in [1.165, 1.54) is 50.1 Å². The van der Waals surface area contributed by atoms with Crippen molar-refractivity contribution in [2.75, 3.05) is 13.1 Å². The van der Waals surface area contributed by atoms with Gasteiger partial charge >= 0.3 is 0 Å². The molecule has 2 atom stereocenters. The van der Waals surface area contributed by atoms with Crippen LogP contribution in [0.4, 0.5) is 0 Å². The highest BCUT2D eigenvalue weighted by Crippen LogP contribution is 2.41. The zero-order chi connectivity index (χ0) is 11.8. The van der Waals surface area contributed by atoms with E-state index in [0.29, 0.717) is 11.3 Å². The van der Waals surface area contributed by atoms with E-state index in [2.05, 4.69) is 25.7 Å². The van der Waals surface area contributed by atoms with Crippen molar-refractivity contribution < 1.29 is 0 Å². The van der Waals surface area contributed by atoms with Gasteiger partial charge in [-0.05, 0) is 55.0 Å². The lowest BCUT2D eigenvalue weighted by Gasteiger charge is -2.46. The average molecular weight is 239 g/mol. The van der Waals surface area contributed by atoms with Crippen molar-refractivity contribution in [3.05, 3.63) is 0 Å². The van der Waals surface area contributed by atoms with E-state index in [-0.39, 0.29) is 0 Å². The Balaban J connectivity index is 2.03. The lowest BCUT2D eigenvalue weighted by atomic mass is 9.67. The van der Waals surface area contributed by atoms with Gasteiger partial charge in [0, 0.05) is 6.04 Å². The Hall–Kier alpha value is 0.0500. The molecule has 92 valence electrons. The predicted octanol–water partition coefficient (Wildman–Crippen LogP) is 3.67. The molecular formula is C14H25NS. The van der Waals surface area contributed by atoms with Crippen molar-refractivity contribution in [3.63, 3.8) is 0 Å². The molecule has 0 spiro atoms. The van der Waals surface area contributed by atoms with E-state index < -0.39 is 0 Å². The summed E-state index contributed by atoms with van der Waals surface area (Å²) in [6.07, 6.45) is 6.69. The van der Waals surface area contributed by atoms with Crippen molar-refractivity contribution in [3.8, 4) is 0 Å². The normalized spacial score (nSPS) is 36.3. The van der Waals surface area contributed by atoms with Crippen molar-refractivity contribution in [1.29, 1.82) is 0 Å². The molecule has 1 aliphatic carbocycles. The topological polar surface area (TPSA) is 3.24 Å². The molecule has 0 amide bonds. The molecule has 2 heteroatoms. The Morgan fingerprint density at radius 1 is 1.19 bits per heavy atom. The average Bonchev–Trinajstić information content (AvgIpc) is 2.26. The van der Waals surface area contributed by atoms with Crippen molar-refractivity contribution in [1.82, 2.24) is 4.90 Å². The maximum atomic E-state index is 5.60. The molecular weight excluding hydrogens is 214 g/mol. The van der Waals surface area contributed by atoms with Gasteiger partial charge in [-0.2, -0.15) is 0 Å². The van der Waals surface area contributed by atoms with Crippen molar-refractivity contribution in [2.45, 2.75) is 58.9 Å². The summed E-state index contributed by atoms with van der Waals surface area (Å²) in [5.74, 6) is 0.614. The van der Waals surface area contributed by atoms with Gasteiger partial charge in [0.05, 0.1) is 0 Å². The Bertz CT molecular complexity index is 266. The fourth-order valence-corrected chi connectivity index (χ4v) is 3.75. The molecule has 1 nitrogen and oxygen atoms in total. The van der Waals surface area contributed by atoms with Crippen LogP contribution in [0.15, 0.2) is 0 Å². The predicted molar refractivity (Wildman–Crippen MR) is 74.0 cm³/mol. The molecule has 16 heavy (non-hydrogen) atoms. The maximum Gasteiger partial charge on any atom is 0.0146 e. The number of likely N-dealkylation sites (tertiary alicyclic amines) is 1. The highest BCUT2D eigenvalue weighted by Gasteiger charge is 2.39. The van der Waals surface area contributed by atoms with E-state index in [4.69, 9.17) is 12.2 Å². The number of nitrogens with zero attached hydrogens (tertiary/aromatic N) is 1. The second kappa shape index (κ2) is 4.73. The fourth-order valence-electron chi connectivity index (χ4n) is 3.24. The minimum atomic E-state index is 0.400. The van der Waals surface area contributed by atoms with E-state index in [1.807, 2.05) is 0 Å². The number of rotatable bonds is 1. The van der Waals surface area contributed by atoms with Gasteiger partial charge in [-0.3, -0.25) is 0 Å². The molecule has 2 unspecified atom stereocenters. The second-order valence-corrected chi connectivity index (χ2v) is 6.86. The highest BCUT2D eigenvalue weighted by molar-refractivity contribution is 7.80. The fraction of sp³-hybridized carbons (Fsp3) is 0.929. The molecule has 0 N–H and O–H groups in total. The van der Waals surface area contributed by atoms with Gasteiger partial charge in [0.2, 0.25) is 0 Å². The van der Waals surface area contributed by atoms with E-state index in [0.717, 1.165) is 6.04 Å². The van der Waals surface area contributed by atoms with Crippen LogP contribution in [0, 0.1) is 11.3 Å². The minimum absolute atomic E-state index is 0.400. The van der Waals surface area contributed by atoms with E-state index in [9.17, 15) is 0 Å². The number of piperidine rings is 1. The first-order valence-corrected chi connectivity index (χ1v) is 7.18. The van der Waals surface area contributed by atoms with Crippen LogP contribution in [0.25, 0.3) is 0 Å². The summed E-state index contributed by atoms with van der Waals surface area (Å²) in [4.78, 5) is 4.01. The number of hydrogen-bond donors (Lipinski definition) is 0. The van der Waals surface area contributed by atoms with Gasteiger partial charge < -0.3 is 4.90 Å². The first kappa shape index (κ1) is 12.5. The number of thiocarbonyl (C=S) groups is 1. The lowest BCUT2D eigenvalue weighted by Crippen LogP contribution is -2.48. The smallest absolute Gasteiger partial charge is 0.0146 e. The summed E-state index contributed by atoms with van der Waals surface area (Å²) < 4.78 is 0. The molecule has 0 aromatic carbocycles. The van der Waals surface area contributed by atoms with Crippen molar-refractivity contribution >= 4 is 17.1 Å². The molecule has 2 aliphatic rings. The molecule has 2 fully saturated rings. The summed E-state index contributed by atoms with van der Waals surface area (Å²) in [6, 6.07) is 0.735. The number of hydrogen-bond acceptors (Lipinski definition) is 2. The van der Waals surface area contributed by atoms with Gasteiger partial charge in [-0.1, -0.05) is 39.4 Å². The van der Waals surface area contributed by atoms with Crippen LogP contribution in [0.1, 0.15) is 52.9 Å². The Kier molecular flexibility index (Phi) is 3.70. The Morgan fingerprint density at radius 3 is 2.38 bits per heavy atom. The molecule has 1 heterocycles. The third-order valence-electron chi connectivity index (χ3n) is 4.76. The first-order valence-electron chi connectivity index (χ1n) is 6.77. The third-order valence-corrected chi connectivity index (χ3v) is 5.28. The van der Waals surface area contributed by atoms with Gasteiger partial charge in [0.1, 0.15) is 0 Å². The third kappa shape index (κ3) is 2.48. The summed E-state index contributed by atoms with van der Waals surface area (Å²) in [5, 5.41) is 0. The quantitative estimate of drug-likeness (QED) is 0.642. The Morgan fingerprint density at radius 2 is 1.81 bits per heavy atom. The van der Waals surface area contributed by atoms with Crippen LogP contribution in [0.3, 0.4) is 0 Å². The van der Waals surface area contributed by atoms with Gasteiger partial charge in [-0.25, -0.2) is 0 Å². The first-order chi connectivity index (χ1) is 7.50. The molecule has 0 aromatic heterocycles. The molecule has 0 aromatic rings. The molecule has 1 aliphatic heterocycles. The monoisotopic (exact) mass is 239 g/mol. The summed E-state index contributed by atoms with van der Waals surface area (Å²) in [7, 11) is 0. The van der Waals surface area contributed by atoms with Crippen LogP contribution in [-0.4, -0.2) is 28.9 Å². The van der Waals surface area contributed by atoms with Crippen LogP contribution in [0.2, 0.25) is 0 Å². The minimum Gasteiger partial charge on any atom is -0.300 e. The van der Waals surface area contributed by atoms with Gasteiger partial charge in [0.15, 0.2) is 0 Å². The SMILES string of the molecule is CC1C(=S)CC(N2CCCCC2)CC1(C)C. The zero-order valence-corrected chi connectivity index (χ0v) is 11.8. The summed E-state index contributed by atoms with van der Waals surface area (Å²) >= 11 is 5.60. The van der Waals surface area contributed by atoms with Crippen LogP contribution in [0.5, 0.6) is 0 Å². The lowest BCUT2D eigenvalue weighted by molar-refractivity contribution is 0.0961. The van der Waals surface area contributed by atoms with Crippen LogP contribution >= 0.6 is 12.2 Å². The maximum absolute atomic E-state index is 5.60. The van der Waals surface area contributed by atoms with Crippen LogP contribution < -0.4 is 0 Å². The standard InChI is InChI=1S/C14H25NS/c1-11-13(16)9-12(10-14(11,2)3)15-7-5-4-6-8-15/h11-12H,4-10H2,1-3H3.